The average Bonchev–Trinajstić information content (AvgIpc) is 2.09. The fraction of sp³-hybridized carbons (Fsp3) is 0.889. The Morgan fingerprint density at radius 2 is 2.21 bits per heavy atom. The second-order valence-electron chi connectivity index (χ2n) is 3.33. The normalized spacial score (nSPS) is 27.1. The maximum atomic E-state index is 8.55. The van der Waals surface area contributed by atoms with E-state index in [1.807, 2.05) is 6.92 Å². The lowest BCUT2D eigenvalue weighted by atomic mass is 9.92. The summed E-state index contributed by atoms with van der Waals surface area (Å²) in [5.74, 6) is 0.340. The number of nitrogens with two attached hydrogens (primary N) is 1. The lowest BCUT2D eigenvalue weighted by molar-refractivity contribution is -0.0977. The molecule has 14 heavy (non-hydrogen) atoms. The molecule has 1 aliphatic rings. The molecule has 0 unspecified atom stereocenters. The Morgan fingerprint density at radius 3 is 2.79 bits per heavy atom. The molecule has 3 N–H and O–H groups in total. The molecule has 0 radical (unpaired) electrons. The first-order valence-electron chi connectivity index (χ1n) is 4.96. The van der Waals surface area contributed by atoms with Gasteiger partial charge < -0.3 is 20.4 Å². The zero-order valence-corrected chi connectivity index (χ0v) is 8.48. The van der Waals surface area contributed by atoms with Crippen LogP contribution in [0, 0.1) is 0 Å². The molecular weight excluding hydrogens is 184 g/mol. The van der Waals surface area contributed by atoms with Crippen molar-refractivity contribution in [2.75, 3.05) is 13.2 Å². The first-order valence-corrected chi connectivity index (χ1v) is 4.96. The second-order valence-corrected chi connectivity index (χ2v) is 3.33. The van der Waals surface area contributed by atoms with E-state index in [0.29, 0.717) is 18.4 Å². The van der Waals surface area contributed by atoms with Crippen LogP contribution in [0.5, 0.6) is 0 Å². The molecule has 0 spiro atoms. The Balaban J connectivity index is 2.07. The Kier molecular flexibility index (Phi) is 4.69. The summed E-state index contributed by atoms with van der Waals surface area (Å²) in [5.41, 5.74) is 5.44. The number of aliphatic hydroxyl groups is 1. The van der Waals surface area contributed by atoms with Crippen LogP contribution in [0.25, 0.3) is 0 Å². The van der Waals surface area contributed by atoms with Gasteiger partial charge >= 0.3 is 0 Å². The Morgan fingerprint density at radius 1 is 1.50 bits per heavy atom. The molecular formula is C9H18N2O3. The van der Waals surface area contributed by atoms with E-state index in [4.69, 9.17) is 20.4 Å². The van der Waals surface area contributed by atoms with Gasteiger partial charge in [-0.15, -0.1) is 0 Å². The third-order valence-corrected chi connectivity index (χ3v) is 2.14. The van der Waals surface area contributed by atoms with Crippen molar-refractivity contribution >= 4 is 5.84 Å². The Labute approximate surface area is 83.9 Å². The highest BCUT2D eigenvalue weighted by atomic mass is 16.6. The summed E-state index contributed by atoms with van der Waals surface area (Å²) in [5, 5.41) is 12.3. The molecule has 0 amide bonds. The standard InChI is InChI=1S/C9H18N2O3/c1-2-13-7-5-8(6-7)14-11-9(10)3-4-12/h7-8,12H,2-6H2,1H3,(H2,10,11). The van der Waals surface area contributed by atoms with Crippen molar-refractivity contribution in [3.8, 4) is 0 Å². The van der Waals surface area contributed by atoms with Crippen molar-refractivity contribution in [1.82, 2.24) is 0 Å². The molecule has 0 aliphatic heterocycles. The first kappa shape index (κ1) is 11.3. The third-order valence-electron chi connectivity index (χ3n) is 2.14. The molecule has 0 bridgehead atoms. The van der Waals surface area contributed by atoms with Crippen molar-refractivity contribution in [1.29, 1.82) is 0 Å². The van der Waals surface area contributed by atoms with Crippen LogP contribution in [0.3, 0.4) is 0 Å². The third kappa shape index (κ3) is 3.51. The number of hydrogen-bond acceptors (Lipinski definition) is 4. The summed E-state index contributed by atoms with van der Waals surface area (Å²) in [6.45, 7) is 2.73. The van der Waals surface area contributed by atoms with Crippen molar-refractivity contribution in [3.05, 3.63) is 0 Å². The van der Waals surface area contributed by atoms with Crippen molar-refractivity contribution in [2.24, 2.45) is 10.9 Å². The van der Waals surface area contributed by atoms with Crippen LogP contribution in [0.4, 0.5) is 0 Å². The summed E-state index contributed by atoms with van der Waals surface area (Å²) in [7, 11) is 0. The number of amidine groups is 1. The van der Waals surface area contributed by atoms with Gasteiger partial charge in [0.15, 0.2) is 0 Å². The van der Waals surface area contributed by atoms with Gasteiger partial charge in [-0.2, -0.15) is 0 Å². The molecule has 0 atom stereocenters. The van der Waals surface area contributed by atoms with Crippen molar-refractivity contribution < 1.29 is 14.7 Å². The number of ether oxygens (including phenoxy) is 1. The summed E-state index contributed by atoms with van der Waals surface area (Å²) in [4.78, 5) is 5.14. The molecule has 0 heterocycles. The average molecular weight is 202 g/mol. The molecule has 0 saturated heterocycles. The summed E-state index contributed by atoms with van der Waals surface area (Å²) in [6, 6.07) is 0. The minimum absolute atomic E-state index is 0.00489. The highest BCUT2D eigenvalue weighted by molar-refractivity contribution is 5.79. The second kappa shape index (κ2) is 5.82. The molecule has 1 fully saturated rings. The van der Waals surface area contributed by atoms with Gasteiger partial charge in [0, 0.05) is 25.9 Å². The number of rotatable bonds is 6. The van der Waals surface area contributed by atoms with Crippen LogP contribution in [0.15, 0.2) is 5.16 Å². The van der Waals surface area contributed by atoms with Crippen molar-refractivity contribution in [3.63, 3.8) is 0 Å². The zero-order chi connectivity index (χ0) is 10.4. The molecule has 1 aliphatic carbocycles. The van der Waals surface area contributed by atoms with Crippen LogP contribution in [0.2, 0.25) is 0 Å². The van der Waals surface area contributed by atoms with Gasteiger partial charge in [0.05, 0.1) is 12.7 Å². The van der Waals surface area contributed by atoms with Gasteiger partial charge in [0.2, 0.25) is 0 Å². The maximum Gasteiger partial charge on any atom is 0.141 e. The van der Waals surface area contributed by atoms with Crippen LogP contribution < -0.4 is 5.73 Å². The van der Waals surface area contributed by atoms with E-state index in [9.17, 15) is 0 Å². The number of aliphatic hydroxyl groups excluding tert-OH is 1. The van der Waals surface area contributed by atoms with E-state index in [1.165, 1.54) is 0 Å². The minimum atomic E-state index is 0.00489. The summed E-state index contributed by atoms with van der Waals surface area (Å²) in [6.07, 6.45) is 2.57. The van der Waals surface area contributed by atoms with E-state index < -0.39 is 0 Å². The highest BCUT2D eigenvalue weighted by Gasteiger charge is 2.31. The van der Waals surface area contributed by atoms with Crippen LogP contribution in [-0.4, -0.2) is 36.4 Å². The fourth-order valence-electron chi connectivity index (χ4n) is 1.28. The predicted molar refractivity (Wildman–Crippen MR) is 52.8 cm³/mol. The zero-order valence-electron chi connectivity index (χ0n) is 8.48. The maximum absolute atomic E-state index is 8.55. The smallest absolute Gasteiger partial charge is 0.141 e. The van der Waals surface area contributed by atoms with Gasteiger partial charge in [-0.1, -0.05) is 5.16 Å². The first-order chi connectivity index (χ1) is 6.76. The number of hydrogen-bond donors (Lipinski definition) is 2. The molecule has 5 nitrogen and oxygen atoms in total. The van der Waals surface area contributed by atoms with Crippen LogP contribution >= 0.6 is 0 Å². The molecule has 1 saturated carbocycles. The summed E-state index contributed by atoms with van der Waals surface area (Å²) < 4.78 is 5.36. The van der Waals surface area contributed by atoms with E-state index in [0.717, 1.165) is 19.4 Å². The van der Waals surface area contributed by atoms with E-state index >= 15 is 0 Å². The molecule has 0 aromatic rings. The lowest BCUT2D eigenvalue weighted by Gasteiger charge is -2.32. The number of oxime groups is 1. The largest absolute Gasteiger partial charge is 0.396 e. The highest BCUT2D eigenvalue weighted by Crippen LogP contribution is 2.26. The van der Waals surface area contributed by atoms with Crippen LogP contribution in [-0.2, 0) is 9.57 Å². The van der Waals surface area contributed by atoms with Crippen molar-refractivity contribution in [2.45, 2.75) is 38.4 Å². The topological polar surface area (TPSA) is 77.1 Å². The van der Waals surface area contributed by atoms with E-state index in [2.05, 4.69) is 5.16 Å². The van der Waals surface area contributed by atoms with E-state index in [1.54, 1.807) is 0 Å². The summed E-state index contributed by atoms with van der Waals surface area (Å²) >= 11 is 0. The van der Waals surface area contributed by atoms with Gasteiger partial charge in [-0.25, -0.2) is 0 Å². The molecule has 1 rings (SSSR count). The fourth-order valence-corrected chi connectivity index (χ4v) is 1.28. The van der Waals surface area contributed by atoms with Gasteiger partial charge in [0.1, 0.15) is 11.9 Å². The van der Waals surface area contributed by atoms with Crippen LogP contribution in [0.1, 0.15) is 26.2 Å². The SMILES string of the molecule is CCOC1CC(O/N=C(\N)CCO)C1. The molecule has 0 aromatic carbocycles. The quantitative estimate of drug-likeness (QED) is 0.367. The van der Waals surface area contributed by atoms with Gasteiger partial charge in [0.25, 0.3) is 0 Å². The molecule has 5 heteroatoms. The Bertz CT molecular complexity index is 190. The predicted octanol–water partition coefficient (Wildman–Crippen LogP) is 0.225. The minimum Gasteiger partial charge on any atom is -0.396 e. The molecule has 82 valence electrons. The molecule has 0 aromatic heterocycles. The van der Waals surface area contributed by atoms with Gasteiger partial charge in [-0.3, -0.25) is 0 Å². The Hall–Kier alpha value is -0.810. The monoisotopic (exact) mass is 202 g/mol. The van der Waals surface area contributed by atoms with Gasteiger partial charge in [-0.05, 0) is 6.92 Å². The number of nitrogens with zero attached hydrogens (tertiary/aromatic N) is 1. The lowest BCUT2D eigenvalue weighted by Crippen LogP contribution is -2.37. The van der Waals surface area contributed by atoms with E-state index in [-0.39, 0.29) is 12.7 Å².